The molecule has 0 aliphatic carbocycles. The Bertz CT molecular complexity index is 2000. The fourth-order valence-electron chi connectivity index (χ4n) is 5.89. The number of hydrogen-bond donors (Lipinski definition) is 1. The summed E-state index contributed by atoms with van der Waals surface area (Å²) in [6, 6.07) is 37.8. The van der Waals surface area contributed by atoms with Crippen molar-refractivity contribution in [1.82, 2.24) is 15.1 Å². The number of fused-ring (bicyclic) bond motifs is 1. The largest absolute Gasteiger partial charge is 0.448 e. The Kier molecular flexibility index (Phi) is 13.5. The fourth-order valence-corrected chi connectivity index (χ4v) is 9.16. The molecule has 10 nitrogen and oxygen atoms in total. The average Bonchev–Trinajstić information content (AvgIpc) is 3.71. The lowest BCUT2D eigenvalue weighted by molar-refractivity contribution is -0.183. The number of β-lactam (4-membered cyclic amide) rings is 1. The first kappa shape index (κ1) is 39.5. The number of halogens is 2. The van der Waals surface area contributed by atoms with Gasteiger partial charge in [-0.3, -0.25) is 15.4 Å². The van der Waals surface area contributed by atoms with E-state index in [9.17, 15) is 14.4 Å². The molecule has 0 unspecified atom stereocenters. The molecule has 1 saturated heterocycles. The molecule has 15 heteroatoms. The fraction of sp³-hybridized carbons (Fsp3) is 0.205. The van der Waals surface area contributed by atoms with Gasteiger partial charge in [0.1, 0.15) is 11.1 Å². The Morgan fingerprint density at radius 3 is 1.70 bits per heavy atom. The van der Waals surface area contributed by atoms with Crippen molar-refractivity contribution in [3.8, 4) is 0 Å². The quantitative estimate of drug-likeness (QED) is 0.0435. The van der Waals surface area contributed by atoms with Gasteiger partial charge >= 0.3 is 11.9 Å². The van der Waals surface area contributed by atoms with Crippen molar-refractivity contribution in [2.45, 2.75) is 27.6 Å². The molecule has 1 aromatic heterocycles. The first-order chi connectivity index (χ1) is 26.3. The van der Waals surface area contributed by atoms with Gasteiger partial charge in [0.05, 0.1) is 5.34 Å². The second-order valence-electron chi connectivity index (χ2n) is 11.8. The van der Waals surface area contributed by atoms with E-state index in [2.05, 4.69) is 10.2 Å². The maximum absolute atomic E-state index is 14.2. The molecule has 1 amide bonds. The number of alkyl halides is 2. The van der Waals surface area contributed by atoms with E-state index in [-0.39, 0.29) is 21.8 Å². The number of nitrogens with zero attached hydrogens (tertiary/aromatic N) is 3. The Labute approximate surface area is 335 Å². The molecular formula is C39H34Cl2N4O6S3. The molecule has 2 N–H and O–H groups in total. The van der Waals surface area contributed by atoms with Gasteiger partial charge in [-0.2, -0.15) is 0 Å². The minimum atomic E-state index is -1.56. The highest BCUT2D eigenvalue weighted by Gasteiger charge is 2.63. The SMILES string of the molecule is CO[C@@]1(N)C(=O)N2C(C(=O)OC(c3ccccc3)c3ccccc3)=C(CSc3nnc(C(=O)OC(c4ccccc4)c4ccccc4)s3)CS[C@H]21.ClCCl. The van der Waals surface area contributed by atoms with Gasteiger partial charge in [-0.05, 0) is 27.8 Å². The molecule has 2 aliphatic rings. The Hall–Kier alpha value is -4.21. The van der Waals surface area contributed by atoms with Gasteiger partial charge in [-0.15, -0.1) is 45.2 Å². The Morgan fingerprint density at radius 2 is 1.26 bits per heavy atom. The Balaban J connectivity index is 0.00000160. The monoisotopic (exact) mass is 820 g/mol. The average molecular weight is 822 g/mol. The summed E-state index contributed by atoms with van der Waals surface area (Å²) in [4.78, 5) is 42.3. The number of ether oxygens (including phenoxy) is 3. The zero-order chi connectivity index (χ0) is 38.1. The summed E-state index contributed by atoms with van der Waals surface area (Å²) in [5, 5.41) is 8.04. The van der Waals surface area contributed by atoms with Crippen molar-refractivity contribution < 1.29 is 28.6 Å². The molecule has 2 aliphatic heterocycles. The number of carbonyl (C=O) groups is 3. The molecule has 3 heterocycles. The molecule has 0 saturated carbocycles. The van der Waals surface area contributed by atoms with E-state index in [0.29, 0.717) is 15.7 Å². The predicted molar refractivity (Wildman–Crippen MR) is 212 cm³/mol. The van der Waals surface area contributed by atoms with E-state index in [1.807, 2.05) is 121 Å². The lowest BCUT2D eigenvalue weighted by Gasteiger charge is -2.54. The highest BCUT2D eigenvalue weighted by Crippen LogP contribution is 2.47. The van der Waals surface area contributed by atoms with Crippen LogP contribution in [0.25, 0.3) is 0 Å². The normalized spacial score (nSPS) is 17.7. The van der Waals surface area contributed by atoms with Gasteiger partial charge in [0, 0.05) is 18.6 Å². The molecule has 5 aromatic rings. The van der Waals surface area contributed by atoms with Crippen molar-refractivity contribution in [1.29, 1.82) is 0 Å². The second-order valence-corrected chi connectivity index (χ2v) is 15.8. The summed E-state index contributed by atoms with van der Waals surface area (Å²) in [6.07, 6.45) is -1.35. The van der Waals surface area contributed by atoms with E-state index in [1.165, 1.54) is 35.5 Å². The molecule has 2 atom stereocenters. The van der Waals surface area contributed by atoms with Gasteiger partial charge in [-0.1, -0.05) is 144 Å². The number of hydrogen-bond acceptors (Lipinski definition) is 12. The third kappa shape index (κ3) is 8.68. The zero-order valence-electron chi connectivity index (χ0n) is 28.7. The van der Waals surface area contributed by atoms with E-state index >= 15 is 0 Å². The number of esters is 2. The standard InChI is InChI=1S/C38H32N4O6S3.CH2Cl2/c1-46-38(39)35(45)42-29(33(43)47-30(24-14-6-2-7-15-24)25-16-8-3-9-17-25)28(22-49-36(38)42)23-50-37-41-40-32(51-37)34(44)48-31(26-18-10-4-11-19-26)27-20-12-5-13-21-27;2-1-3/h2-21,30-31,36H,22-23,39H2,1H3;1H2/t36-,38-;/m0./s1. The van der Waals surface area contributed by atoms with Crippen LogP contribution in [0.15, 0.2) is 137 Å². The van der Waals surface area contributed by atoms with Crippen LogP contribution >= 0.6 is 58.1 Å². The molecule has 0 radical (unpaired) electrons. The van der Waals surface area contributed by atoms with Gasteiger partial charge in [-0.25, -0.2) is 9.59 Å². The van der Waals surface area contributed by atoms with Crippen molar-refractivity contribution in [2.75, 3.05) is 24.0 Å². The smallest absolute Gasteiger partial charge is 0.370 e. The third-order valence-electron chi connectivity index (χ3n) is 8.49. The molecule has 0 bridgehead atoms. The maximum atomic E-state index is 14.2. The number of carbonyl (C=O) groups excluding carboxylic acids is 3. The van der Waals surface area contributed by atoms with Crippen molar-refractivity contribution in [2.24, 2.45) is 5.73 Å². The third-order valence-corrected chi connectivity index (χ3v) is 12.0. The Morgan fingerprint density at radius 1 is 0.815 bits per heavy atom. The summed E-state index contributed by atoms with van der Waals surface area (Å²) < 4.78 is 18.1. The van der Waals surface area contributed by atoms with E-state index in [1.54, 1.807) is 0 Å². The molecule has 278 valence electrons. The molecular weight excluding hydrogens is 788 g/mol. The number of nitrogens with two attached hydrogens (primary N) is 1. The molecule has 4 aromatic carbocycles. The van der Waals surface area contributed by atoms with E-state index in [4.69, 9.17) is 43.1 Å². The van der Waals surface area contributed by atoms with Crippen LogP contribution in [0, 0.1) is 0 Å². The number of benzene rings is 4. The summed E-state index contributed by atoms with van der Waals surface area (Å²) in [6.45, 7) is 0. The van der Waals surface area contributed by atoms with Crippen LogP contribution in [-0.2, 0) is 23.8 Å². The van der Waals surface area contributed by atoms with Crippen molar-refractivity contribution in [3.63, 3.8) is 0 Å². The first-order valence-corrected chi connectivity index (χ1v) is 20.4. The lowest BCUT2D eigenvalue weighted by atomic mass is 9.99. The summed E-state index contributed by atoms with van der Waals surface area (Å²) in [5.41, 5.74) is 8.77. The van der Waals surface area contributed by atoms with Crippen LogP contribution in [-0.4, -0.2) is 68.0 Å². The predicted octanol–water partition coefficient (Wildman–Crippen LogP) is 7.80. The summed E-state index contributed by atoms with van der Waals surface area (Å²) in [7, 11) is 1.38. The van der Waals surface area contributed by atoms with Crippen LogP contribution < -0.4 is 5.73 Å². The van der Waals surface area contributed by atoms with Crippen molar-refractivity contribution in [3.05, 3.63) is 160 Å². The number of thioether (sulfide) groups is 2. The molecule has 0 spiro atoms. The highest BCUT2D eigenvalue weighted by molar-refractivity contribution is 8.01. The van der Waals surface area contributed by atoms with Crippen LogP contribution in [0.1, 0.15) is 44.3 Å². The summed E-state index contributed by atoms with van der Waals surface area (Å²) >= 11 is 13.3. The molecule has 1 fully saturated rings. The van der Waals surface area contributed by atoms with Gasteiger partial charge < -0.3 is 14.2 Å². The highest BCUT2D eigenvalue weighted by atomic mass is 35.5. The molecule has 54 heavy (non-hydrogen) atoms. The van der Waals surface area contributed by atoms with Crippen LogP contribution in [0.5, 0.6) is 0 Å². The number of amides is 1. The topological polar surface area (TPSA) is 134 Å². The summed E-state index contributed by atoms with van der Waals surface area (Å²) in [5.74, 6) is -1.12. The van der Waals surface area contributed by atoms with Crippen LogP contribution in [0.4, 0.5) is 0 Å². The van der Waals surface area contributed by atoms with E-state index in [0.717, 1.165) is 33.6 Å². The minimum Gasteiger partial charge on any atom is -0.448 e. The molecule has 7 rings (SSSR count). The van der Waals surface area contributed by atoms with Gasteiger partial charge in [0.2, 0.25) is 10.7 Å². The zero-order valence-corrected chi connectivity index (χ0v) is 32.7. The van der Waals surface area contributed by atoms with Gasteiger partial charge in [0.15, 0.2) is 16.5 Å². The number of aromatic nitrogens is 2. The maximum Gasteiger partial charge on any atom is 0.370 e. The minimum absolute atomic E-state index is 0.0977. The van der Waals surface area contributed by atoms with Crippen molar-refractivity contribution >= 4 is 75.9 Å². The van der Waals surface area contributed by atoms with Gasteiger partial charge in [0.25, 0.3) is 5.91 Å². The lowest BCUT2D eigenvalue weighted by Crippen LogP contribution is -2.78. The van der Waals surface area contributed by atoms with Crippen LogP contribution in [0.3, 0.4) is 0 Å². The van der Waals surface area contributed by atoms with Crippen LogP contribution in [0.2, 0.25) is 0 Å². The number of rotatable bonds is 12. The second kappa shape index (κ2) is 18.4. The number of methoxy groups -OCH3 is 1. The van der Waals surface area contributed by atoms with E-state index < -0.39 is 41.2 Å². The first-order valence-electron chi connectivity index (χ1n) is 16.5.